The number of ether oxygens (including phenoxy) is 3. The van der Waals surface area contributed by atoms with E-state index in [2.05, 4.69) is 0 Å². The lowest BCUT2D eigenvalue weighted by atomic mass is 10.2. The molecule has 140 valence electrons. The number of rotatable bonds is 6. The molecular weight excluding hydrogens is 358 g/mol. The molecule has 0 aliphatic rings. The van der Waals surface area contributed by atoms with E-state index in [1.807, 2.05) is 0 Å². The van der Waals surface area contributed by atoms with Crippen molar-refractivity contribution in [1.29, 1.82) is 0 Å². The molecule has 0 aliphatic carbocycles. The minimum Gasteiger partial charge on any atom is -0.423 e. The van der Waals surface area contributed by atoms with Crippen LogP contribution in [0.4, 0.5) is 5.69 Å². The highest BCUT2D eigenvalue weighted by atomic mass is 16.7. The van der Waals surface area contributed by atoms with Gasteiger partial charge in [-0.25, -0.2) is 4.79 Å². The number of carbonyl (C=O) groups is 3. The van der Waals surface area contributed by atoms with Crippen LogP contribution in [0.15, 0.2) is 48.5 Å². The van der Waals surface area contributed by atoms with Crippen LogP contribution in [0.25, 0.3) is 0 Å². The fourth-order valence-corrected chi connectivity index (χ4v) is 2.07. The van der Waals surface area contributed by atoms with Crippen LogP contribution >= 0.6 is 0 Å². The standard InChI is InChI=1S/C18H15NO8/c1-11(20)25-18(26-12(2)21)14-4-3-5-16(10-14)27-17(22)13-6-8-15(9-7-13)19(23)24/h3-10,18H,1-2H3. The molecule has 0 bridgehead atoms. The van der Waals surface area contributed by atoms with Crippen LogP contribution in [-0.4, -0.2) is 22.8 Å². The maximum Gasteiger partial charge on any atom is 0.343 e. The van der Waals surface area contributed by atoms with E-state index in [9.17, 15) is 24.5 Å². The average molecular weight is 373 g/mol. The Labute approximate surface area is 153 Å². The van der Waals surface area contributed by atoms with Crippen molar-refractivity contribution in [3.63, 3.8) is 0 Å². The van der Waals surface area contributed by atoms with Gasteiger partial charge in [-0.3, -0.25) is 19.7 Å². The molecule has 0 unspecified atom stereocenters. The van der Waals surface area contributed by atoms with E-state index >= 15 is 0 Å². The Morgan fingerprint density at radius 3 is 2.07 bits per heavy atom. The molecule has 0 N–H and O–H groups in total. The van der Waals surface area contributed by atoms with Crippen LogP contribution in [0.5, 0.6) is 5.75 Å². The Hall–Kier alpha value is -3.75. The highest BCUT2D eigenvalue weighted by Gasteiger charge is 2.19. The van der Waals surface area contributed by atoms with Crippen molar-refractivity contribution in [2.75, 3.05) is 0 Å². The summed E-state index contributed by atoms with van der Waals surface area (Å²) in [5, 5.41) is 10.6. The van der Waals surface area contributed by atoms with Crippen LogP contribution in [0, 0.1) is 10.1 Å². The van der Waals surface area contributed by atoms with Crippen LogP contribution < -0.4 is 4.74 Å². The van der Waals surface area contributed by atoms with Gasteiger partial charge in [-0.15, -0.1) is 0 Å². The van der Waals surface area contributed by atoms with Gasteiger partial charge >= 0.3 is 17.9 Å². The third-order valence-electron chi connectivity index (χ3n) is 3.20. The van der Waals surface area contributed by atoms with Gasteiger partial charge in [-0.1, -0.05) is 12.1 Å². The second-order valence-electron chi connectivity index (χ2n) is 5.32. The van der Waals surface area contributed by atoms with Gasteiger partial charge in [0.25, 0.3) is 12.0 Å². The van der Waals surface area contributed by atoms with E-state index in [0.29, 0.717) is 0 Å². The Kier molecular flexibility index (Phi) is 6.21. The van der Waals surface area contributed by atoms with Gasteiger partial charge in [0.05, 0.1) is 10.5 Å². The van der Waals surface area contributed by atoms with E-state index < -0.39 is 29.1 Å². The molecule has 2 rings (SSSR count). The Balaban J connectivity index is 2.18. The first kappa shape index (κ1) is 19.6. The summed E-state index contributed by atoms with van der Waals surface area (Å²) in [7, 11) is 0. The Bertz CT molecular complexity index is 859. The largest absolute Gasteiger partial charge is 0.423 e. The van der Waals surface area contributed by atoms with Gasteiger partial charge in [-0.05, 0) is 24.3 Å². The highest BCUT2D eigenvalue weighted by molar-refractivity contribution is 5.91. The van der Waals surface area contributed by atoms with Gasteiger partial charge < -0.3 is 14.2 Å². The number of hydrogen-bond acceptors (Lipinski definition) is 8. The first-order chi connectivity index (χ1) is 12.8. The van der Waals surface area contributed by atoms with E-state index in [-0.39, 0.29) is 22.6 Å². The molecule has 0 saturated heterocycles. The first-order valence-electron chi connectivity index (χ1n) is 7.67. The van der Waals surface area contributed by atoms with Gasteiger partial charge in [0.15, 0.2) is 0 Å². The lowest BCUT2D eigenvalue weighted by Gasteiger charge is -2.17. The normalized spacial score (nSPS) is 10.2. The second kappa shape index (κ2) is 8.56. The molecule has 0 spiro atoms. The topological polar surface area (TPSA) is 122 Å². The highest BCUT2D eigenvalue weighted by Crippen LogP contribution is 2.24. The molecule has 9 nitrogen and oxygen atoms in total. The van der Waals surface area contributed by atoms with Crippen molar-refractivity contribution in [3.05, 3.63) is 69.8 Å². The summed E-state index contributed by atoms with van der Waals surface area (Å²) in [6.45, 7) is 2.32. The van der Waals surface area contributed by atoms with Crippen molar-refractivity contribution >= 4 is 23.6 Å². The monoisotopic (exact) mass is 373 g/mol. The molecule has 0 heterocycles. The van der Waals surface area contributed by atoms with Crippen molar-refractivity contribution in [2.24, 2.45) is 0 Å². The van der Waals surface area contributed by atoms with Crippen molar-refractivity contribution < 1.29 is 33.5 Å². The molecule has 2 aromatic rings. The van der Waals surface area contributed by atoms with Crippen molar-refractivity contribution in [2.45, 2.75) is 20.1 Å². The molecule has 0 radical (unpaired) electrons. The summed E-state index contributed by atoms with van der Waals surface area (Å²) in [5.41, 5.74) is 0.246. The van der Waals surface area contributed by atoms with Crippen LogP contribution in [0.3, 0.4) is 0 Å². The van der Waals surface area contributed by atoms with Gasteiger partial charge in [0.2, 0.25) is 0 Å². The summed E-state index contributed by atoms with van der Waals surface area (Å²) in [4.78, 5) is 44.6. The number of nitrogens with zero attached hydrogens (tertiary/aromatic N) is 1. The minimum atomic E-state index is -1.28. The van der Waals surface area contributed by atoms with E-state index in [1.54, 1.807) is 0 Å². The maximum absolute atomic E-state index is 12.2. The summed E-state index contributed by atoms with van der Waals surface area (Å²) >= 11 is 0. The molecule has 0 aliphatic heterocycles. The van der Waals surface area contributed by atoms with Crippen LogP contribution in [-0.2, 0) is 19.1 Å². The zero-order chi connectivity index (χ0) is 20.0. The predicted octanol–water partition coefficient (Wildman–Crippen LogP) is 2.94. The fourth-order valence-electron chi connectivity index (χ4n) is 2.07. The zero-order valence-electron chi connectivity index (χ0n) is 14.4. The molecule has 0 saturated carbocycles. The summed E-state index contributed by atoms with van der Waals surface area (Å²) < 4.78 is 15.1. The van der Waals surface area contributed by atoms with Crippen LogP contribution in [0.1, 0.15) is 36.1 Å². The van der Waals surface area contributed by atoms with E-state index in [1.165, 1.54) is 48.5 Å². The molecule has 2 aromatic carbocycles. The molecule has 27 heavy (non-hydrogen) atoms. The Morgan fingerprint density at radius 2 is 1.56 bits per heavy atom. The summed E-state index contributed by atoms with van der Waals surface area (Å²) in [5.74, 6) is -1.94. The average Bonchev–Trinajstić information content (AvgIpc) is 2.60. The molecule has 9 heteroatoms. The number of carbonyl (C=O) groups excluding carboxylic acids is 3. The minimum absolute atomic E-state index is 0.111. The van der Waals surface area contributed by atoms with E-state index in [4.69, 9.17) is 14.2 Å². The number of esters is 3. The smallest absolute Gasteiger partial charge is 0.343 e. The molecule has 0 amide bonds. The number of nitro benzene ring substituents is 1. The zero-order valence-corrected chi connectivity index (χ0v) is 14.4. The number of hydrogen-bond donors (Lipinski definition) is 0. The number of benzene rings is 2. The lowest BCUT2D eigenvalue weighted by Crippen LogP contribution is -2.15. The third-order valence-corrected chi connectivity index (χ3v) is 3.20. The van der Waals surface area contributed by atoms with Crippen LogP contribution in [0.2, 0.25) is 0 Å². The molecular formula is C18H15NO8. The summed E-state index contributed by atoms with van der Waals surface area (Å²) in [6.07, 6.45) is -1.28. The lowest BCUT2D eigenvalue weighted by molar-refractivity contribution is -0.384. The second-order valence-corrected chi connectivity index (χ2v) is 5.32. The van der Waals surface area contributed by atoms with Gasteiger partial charge in [-0.2, -0.15) is 0 Å². The quantitative estimate of drug-likeness (QED) is 0.249. The first-order valence-corrected chi connectivity index (χ1v) is 7.67. The molecule has 0 atom stereocenters. The van der Waals surface area contributed by atoms with E-state index in [0.717, 1.165) is 13.8 Å². The SMILES string of the molecule is CC(=O)OC(OC(C)=O)c1cccc(OC(=O)c2ccc([N+](=O)[O-])cc2)c1. The molecule has 0 aromatic heterocycles. The van der Waals surface area contributed by atoms with Gasteiger partial charge in [0.1, 0.15) is 5.75 Å². The number of non-ortho nitro benzene ring substituents is 1. The fraction of sp³-hybridized carbons (Fsp3) is 0.167. The third kappa shape index (κ3) is 5.63. The summed E-state index contributed by atoms with van der Waals surface area (Å²) in [6, 6.07) is 10.8. The number of nitro groups is 1. The van der Waals surface area contributed by atoms with Crippen molar-refractivity contribution in [3.8, 4) is 5.75 Å². The molecule has 0 fully saturated rings. The van der Waals surface area contributed by atoms with Gasteiger partial charge in [0, 0.05) is 31.5 Å². The predicted molar refractivity (Wildman–Crippen MR) is 90.8 cm³/mol. The Morgan fingerprint density at radius 1 is 0.963 bits per heavy atom. The van der Waals surface area contributed by atoms with Crippen molar-refractivity contribution in [1.82, 2.24) is 0 Å². The maximum atomic E-state index is 12.2.